The van der Waals surface area contributed by atoms with E-state index in [1.54, 1.807) is 0 Å². The van der Waals surface area contributed by atoms with Crippen molar-refractivity contribution in [3.8, 4) is 0 Å². The molecule has 0 heterocycles. The first-order valence-electron chi connectivity index (χ1n) is 6.60. The highest BCUT2D eigenvalue weighted by atomic mass is 16.3. The molecule has 3 atom stereocenters. The van der Waals surface area contributed by atoms with Gasteiger partial charge < -0.3 is 10.4 Å². The van der Waals surface area contributed by atoms with Crippen LogP contribution in [-0.4, -0.2) is 23.7 Å². The van der Waals surface area contributed by atoms with Gasteiger partial charge in [0, 0.05) is 12.5 Å². The Kier molecular flexibility index (Phi) is 4.02. The normalized spacial score (nSPS) is 23.8. The summed E-state index contributed by atoms with van der Waals surface area (Å²) in [5.74, 6) is 0.701. The lowest BCUT2D eigenvalue weighted by Crippen LogP contribution is -2.35. The second kappa shape index (κ2) is 5.53. The molecule has 3 heteroatoms. The van der Waals surface area contributed by atoms with E-state index < -0.39 is 6.10 Å². The van der Waals surface area contributed by atoms with Gasteiger partial charge in [0.15, 0.2) is 0 Å². The van der Waals surface area contributed by atoms with Gasteiger partial charge in [0.25, 0.3) is 0 Å². The number of hydrogen-bond donors (Lipinski definition) is 2. The number of aliphatic hydroxyl groups is 1. The molecule has 1 aromatic rings. The van der Waals surface area contributed by atoms with Crippen molar-refractivity contribution in [2.45, 2.75) is 32.3 Å². The number of hydrogen-bond acceptors (Lipinski definition) is 2. The zero-order valence-electron chi connectivity index (χ0n) is 11.0. The van der Waals surface area contributed by atoms with Gasteiger partial charge in [-0.1, -0.05) is 44.2 Å². The molecule has 3 unspecified atom stereocenters. The van der Waals surface area contributed by atoms with Crippen LogP contribution in [0.1, 0.15) is 31.7 Å². The van der Waals surface area contributed by atoms with Crippen LogP contribution in [0.5, 0.6) is 0 Å². The van der Waals surface area contributed by atoms with E-state index in [1.807, 2.05) is 32.0 Å². The molecule has 18 heavy (non-hydrogen) atoms. The van der Waals surface area contributed by atoms with Crippen LogP contribution < -0.4 is 5.32 Å². The van der Waals surface area contributed by atoms with Gasteiger partial charge in [-0.25, -0.2) is 0 Å². The second-order valence-electron chi connectivity index (χ2n) is 5.42. The number of nitrogens with one attached hydrogen (secondary N) is 1. The van der Waals surface area contributed by atoms with Gasteiger partial charge in [-0.15, -0.1) is 0 Å². The highest BCUT2D eigenvalue weighted by molar-refractivity contribution is 5.82. The van der Waals surface area contributed by atoms with Crippen molar-refractivity contribution < 1.29 is 9.90 Å². The van der Waals surface area contributed by atoms with Crippen LogP contribution in [0.3, 0.4) is 0 Å². The fourth-order valence-corrected chi connectivity index (χ4v) is 2.13. The summed E-state index contributed by atoms with van der Waals surface area (Å²) in [7, 11) is 0. The molecule has 1 aliphatic carbocycles. The Morgan fingerprint density at radius 2 is 2.06 bits per heavy atom. The molecule has 0 spiro atoms. The lowest BCUT2D eigenvalue weighted by molar-refractivity contribution is -0.123. The standard InChI is InChI=1S/C15H21NO2/c1-10(2)14(17)9-16-15(18)13-8-12(13)11-6-4-3-5-7-11/h3-7,10,12-14,17H,8-9H2,1-2H3,(H,16,18). The quantitative estimate of drug-likeness (QED) is 0.835. The molecule has 0 saturated heterocycles. The maximum atomic E-state index is 11.9. The minimum Gasteiger partial charge on any atom is -0.391 e. The van der Waals surface area contributed by atoms with Gasteiger partial charge in [-0.3, -0.25) is 4.79 Å². The molecule has 2 N–H and O–H groups in total. The average Bonchev–Trinajstić information content (AvgIpc) is 3.16. The second-order valence-corrected chi connectivity index (χ2v) is 5.42. The van der Waals surface area contributed by atoms with Crippen LogP contribution in [0.25, 0.3) is 0 Å². The first kappa shape index (κ1) is 13.1. The minimum atomic E-state index is -0.456. The third-order valence-corrected chi connectivity index (χ3v) is 3.61. The van der Waals surface area contributed by atoms with E-state index in [9.17, 15) is 9.90 Å². The van der Waals surface area contributed by atoms with Crippen molar-refractivity contribution in [3.05, 3.63) is 35.9 Å². The molecule has 0 bridgehead atoms. The number of rotatable bonds is 5. The van der Waals surface area contributed by atoms with Crippen LogP contribution in [0, 0.1) is 11.8 Å². The Balaban J connectivity index is 1.80. The van der Waals surface area contributed by atoms with Crippen LogP contribution >= 0.6 is 0 Å². The summed E-state index contributed by atoms with van der Waals surface area (Å²) >= 11 is 0. The molecule has 0 aromatic heterocycles. The Morgan fingerprint density at radius 1 is 1.39 bits per heavy atom. The van der Waals surface area contributed by atoms with Gasteiger partial charge in [0.1, 0.15) is 0 Å². The maximum absolute atomic E-state index is 11.9. The van der Waals surface area contributed by atoms with Crippen LogP contribution in [-0.2, 0) is 4.79 Å². The fourth-order valence-electron chi connectivity index (χ4n) is 2.13. The third-order valence-electron chi connectivity index (χ3n) is 3.61. The van der Waals surface area contributed by atoms with E-state index in [0.717, 1.165) is 6.42 Å². The summed E-state index contributed by atoms with van der Waals surface area (Å²) in [6.45, 7) is 4.25. The van der Waals surface area contributed by atoms with Crippen LogP contribution in [0.2, 0.25) is 0 Å². The van der Waals surface area contributed by atoms with Crippen molar-refractivity contribution in [2.75, 3.05) is 6.54 Å². The van der Waals surface area contributed by atoms with E-state index in [2.05, 4.69) is 17.4 Å². The molecule has 1 aromatic carbocycles. The summed E-state index contributed by atoms with van der Waals surface area (Å²) in [5, 5.41) is 12.5. The van der Waals surface area contributed by atoms with Crippen LogP contribution in [0.4, 0.5) is 0 Å². The number of carbonyl (C=O) groups excluding carboxylic acids is 1. The van der Waals surface area contributed by atoms with E-state index >= 15 is 0 Å². The summed E-state index contributed by atoms with van der Waals surface area (Å²) in [5.41, 5.74) is 1.24. The smallest absolute Gasteiger partial charge is 0.223 e. The molecule has 0 radical (unpaired) electrons. The largest absolute Gasteiger partial charge is 0.391 e. The average molecular weight is 247 g/mol. The summed E-state index contributed by atoms with van der Waals surface area (Å²) in [6, 6.07) is 10.1. The summed E-state index contributed by atoms with van der Waals surface area (Å²) < 4.78 is 0. The Bertz CT molecular complexity index is 402. The fraction of sp³-hybridized carbons (Fsp3) is 0.533. The molecule has 3 nitrogen and oxygen atoms in total. The Labute approximate surface area is 108 Å². The highest BCUT2D eigenvalue weighted by Crippen LogP contribution is 2.47. The van der Waals surface area contributed by atoms with Crippen molar-refractivity contribution in [3.63, 3.8) is 0 Å². The molecule has 0 aliphatic heterocycles. The third kappa shape index (κ3) is 3.10. The monoisotopic (exact) mass is 247 g/mol. The van der Waals surface area contributed by atoms with E-state index in [0.29, 0.717) is 12.5 Å². The van der Waals surface area contributed by atoms with Crippen molar-refractivity contribution in [1.82, 2.24) is 5.32 Å². The summed E-state index contributed by atoms with van der Waals surface area (Å²) in [6.07, 6.45) is 0.469. The molecule has 1 aliphatic rings. The molecule has 2 rings (SSSR count). The maximum Gasteiger partial charge on any atom is 0.223 e. The van der Waals surface area contributed by atoms with E-state index in [1.165, 1.54) is 5.56 Å². The van der Waals surface area contributed by atoms with Gasteiger partial charge in [-0.05, 0) is 23.8 Å². The van der Waals surface area contributed by atoms with Crippen LogP contribution in [0.15, 0.2) is 30.3 Å². The van der Waals surface area contributed by atoms with E-state index in [-0.39, 0.29) is 17.7 Å². The molecular formula is C15H21NO2. The molecule has 98 valence electrons. The lowest BCUT2D eigenvalue weighted by atomic mass is 10.1. The van der Waals surface area contributed by atoms with Crippen molar-refractivity contribution in [2.24, 2.45) is 11.8 Å². The van der Waals surface area contributed by atoms with Gasteiger partial charge in [0.05, 0.1) is 6.10 Å². The predicted molar refractivity (Wildman–Crippen MR) is 71.1 cm³/mol. The minimum absolute atomic E-state index is 0.0727. The van der Waals surface area contributed by atoms with Gasteiger partial charge in [-0.2, -0.15) is 0 Å². The predicted octanol–water partition coefficient (Wildman–Crippen LogP) is 1.92. The number of carbonyl (C=O) groups is 1. The first-order chi connectivity index (χ1) is 8.59. The zero-order chi connectivity index (χ0) is 13.1. The Hall–Kier alpha value is -1.35. The van der Waals surface area contributed by atoms with Gasteiger partial charge >= 0.3 is 0 Å². The SMILES string of the molecule is CC(C)C(O)CNC(=O)C1CC1c1ccccc1. The molecule has 1 saturated carbocycles. The number of amides is 1. The molecule has 1 fully saturated rings. The number of aliphatic hydroxyl groups excluding tert-OH is 1. The highest BCUT2D eigenvalue weighted by Gasteiger charge is 2.43. The Morgan fingerprint density at radius 3 is 2.67 bits per heavy atom. The zero-order valence-corrected chi connectivity index (χ0v) is 11.0. The van der Waals surface area contributed by atoms with Crippen molar-refractivity contribution in [1.29, 1.82) is 0 Å². The topological polar surface area (TPSA) is 49.3 Å². The summed E-state index contributed by atoms with van der Waals surface area (Å²) in [4.78, 5) is 11.9. The van der Waals surface area contributed by atoms with Gasteiger partial charge in [0.2, 0.25) is 5.91 Å². The van der Waals surface area contributed by atoms with E-state index in [4.69, 9.17) is 0 Å². The van der Waals surface area contributed by atoms with Crippen molar-refractivity contribution >= 4 is 5.91 Å². The number of benzene rings is 1. The molecule has 1 amide bonds. The lowest BCUT2D eigenvalue weighted by Gasteiger charge is -2.15. The molecular weight excluding hydrogens is 226 g/mol. The first-order valence-corrected chi connectivity index (χ1v) is 6.60.